The van der Waals surface area contributed by atoms with E-state index < -0.39 is 5.60 Å². The Kier molecular flexibility index (Phi) is 5.92. The van der Waals surface area contributed by atoms with Crippen molar-refractivity contribution in [3.63, 3.8) is 0 Å². The van der Waals surface area contributed by atoms with Gasteiger partial charge in [-0.3, -0.25) is 4.99 Å². The monoisotopic (exact) mass is 371 g/mol. The molecule has 124 valence electrons. The molecule has 0 fully saturated rings. The highest BCUT2D eigenvalue weighted by Gasteiger charge is 2.23. The summed E-state index contributed by atoms with van der Waals surface area (Å²) in [6.45, 7) is 3.81. The van der Waals surface area contributed by atoms with Crippen LogP contribution < -0.4 is 11.1 Å². The summed E-state index contributed by atoms with van der Waals surface area (Å²) in [6, 6.07) is 7.05. The van der Waals surface area contributed by atoms with Crippen molar-refractivity contribution in [2.75, 3.05) is 6.54 Å². The van der Waals surface area contributed by atoms with E-state index in [4.69, 9.17) is 28.9 Å². The summed E-state index contributed by atoms with van der Waals surface area (Å²) in [7, 11) is 0. The van der Waals surface area contributed by atoms with Gasteiger partial charge in [-0.2, -0.15) is 11.3 Å². The van der Waals surface area contributed by atoms with Crippen LogP contribution in [-0.4, -0.2) is 17.6 Å². The van der Waals surface area contributed by atoms with Crippen LogP contribution in [0.2, 0.25) is 10.0 Å². The number of benzene rings is 1. The standard InChI is InChI=1S/C16H19Cl2N3OS/c1-10(13-4-3-12(17)7-14(13)18)21-15(19)20-9-16(2,22)11-5-6-23-8-11/h3-8,10,22H,9H2,1-2H3,(H3,19,20,21). The first kappa shape index (κ1) is 18.1. The van der Waals surface area contributed by atoms with E-state index in [0.717, 1.165) is 11.1 Å². The van der Waals surface area contributed by atoms with Gasteiger partial charge >= 0.3 is 0 Å². The van der Waals surface area contributed by atoms with Gasteiger partial charge in [0.15, 0.2) is 5.96 Å². The van der Waals surface area contributed by atoms with E-state index in [2.05, 4.69) is 10.3 Å². The summed E-state index contributed by atoms with van der Waals surface area (Å²) in [4.78, 5) is 4.23. The zero-order valence-corrected chi connectivity index (χ0v) is 15.2. The fraction of sp³-hybridized carbons (Fsp3) is 0.312. The van der Waals surface area contributed by atoms with Gasteiger partial charge in [-0.15, -0.1) is 0 Å². The molecule has 0 aliphatic rings. The fourth-order valence-electron chi connectivity index (χ4n) is 2.10. The maximum absolute atomic E-state index is 10.4. The van der Waals surface area contributed by atoms with Gasteiger partial charge < -0.3 is 16.2 Å². The second-order valence-corrected chi connectivity index (χ2v) is 7.14. The maximum atomic E-state index is 10.4. The van der Waals surface area contributed by atoms with Crippen LogP contribution in [-0.2, 0) is 5.60 Å². The number of aliphatic imine (C=N–C) groups is 1. The number of nitrogens with one attached hydrogen (secondary N) is 1. The summed E-state index contributed by atoms with van der Waals surface area (Å²) in [6.07, 6.45) is 0. The Bertz CT molecular complexity index is 687. The first-order chi connectivity index (χ1) is 10.8. The van der Waals surface area contributed by atoms with Gasteiger partial charge in [0.25, 0.3) is 0 Å². The molecule has 4 N–H and O–H groups in total. The van der Waals surface area contributed by atoms with E-state index in [-0.39, 0.29) is 18.5 Å². The van der Waals surface area contributed by atoms with Crippen molar-refractivity contribution in [1.82, 2.24) is 5.32 Å². The smallest absolute Gasteiger partial charge is 0.189 e. The summed E-state index contributed by atoms with van der Waals surface area (Å²) >= 11 is 13.6. The molecule has 1 aromatic carbocycles. The number of halogens is 2. The van der Waals surface area contributed by atoms with Crippen LogP contribution in [0.5, 0.6) is 0 Å². The van der Waals surface area contributed by atoms with Crippen molar-refractivity contribution >= 4 is 40.5 Å². The number of guanidine groups is 1. The Labute approximate surface area is 150 Å². The maximum Gasteiger partial charge on any atom is 0.189 e. The topological polar surface area (TPSA) is 70.6 Å². The first-order valence-corrected chi connectivity index (χ1v) is 8.76. The second kappa shape index (κ2) is 7.53. The largest absolute Gasteiger partial charge is 0.383 e. The van der Waals surface area contributed by atoms with Gasteiger partial charge in [0.05, 0.1) is 12.6 Å². The number of hydrogen-bond acceptors (Lipinski definition) is 3. The number of aliphatic hydroxyl groups is 1. The highest BCUT2D eigenvalue weighted by molar-refractivity contribution is 7.08. The van der Waals surface area contributed by atoms with E-state index in [0.29, 0.717) is 10.0 Å². The van der Waals surface area contributed by atoms with Gasteiger partial charge in [0.2, 0.25) is 0 Å². The van der Waals surface area contributed by atoms with E-state index in [1.807, 2.05) is 29.8 Å². The lowest BCUT2D eigenvalue weighted by atomic mass is 10.00. The number of rotatable bonds is 5. The quantitative estimate of drug-likeness (QED) is 0.550. The predicted octanol–water partition coefficient (Wildman–Crippen LogP) is 3.93. The molecule has 0 bridgehead atoms. The molecule has 0 saturated heterocycles. The third-order valence-corrected chi connectivity index (χ3v) is 4.74. The molecule has 0 spiro atoms. The molecule has 2 atom stereocenters. The zero-order valence-electron chi connectivity index (χ0n) is 12.9. The average Bonchev–Trinajstić information content (AvgIpc) is 3.00. The first-order valence-electron chi connectivity index (χ1n) is 7.06. The van der Waals surface area contributed by atoms with Gasteiger partial charge in [-0.1, -0.05) is 29.3 Å². The molecule has 1 heterocycles. The summed E-state index contributed by atoms with van der Waals surface area (Å²) < 4.78 is 0. The Morgan fingerprint density at radius 3 is 2.78 bits per heavy atom. The van der Waals surface area contributed by atoms with Crippen molar-refractivity contribution < 1.29 is 5.11 Å². The molecule has 2 rings (SSSR count). The normalized spacial score (nSPS) is 16.0. The van der Waals surface area contributed by atoms with Gasteiger partial charge in [0, 0.05) is 10.0 Å². The third kappa shape index (κ3) is 4.85. The molecule has 2 unspecified atom stereocenters. The average molecular weight is 372 g/mol. The SMILES string of the molecule is CC(NC(N)=NCC(C)(O)c1ccsc1)c1ccc(Cl)cc1Cl. The Morgan fingerprint density at radius 1 is 1.43 bits per heavy atom. The third-order valence-electron chi connectivity index (χ3n) is 3.49. The predicted molar refractivity (Wildman–Crippen MR) is 98.4 cm³/mol. The lowest BCUT2D eigenvalue weighted by molar-refractivity contribution is 0.0677. The summed E-state index contributed by atoms with van der Waals surface area (Å²) in [5, 5.41) is 18.5. The minimum atomic E-state index is -1.05. The van der Waals surface area contributed by atoms with E-state index >= 15 is 0 Å². The molecule has 1 aromatic heterocycles. The van der Waals surface area contributed by atoms with Crippen LogP contribution in [0.25, 0.3) is 0 Å². The van der Waals surface area contributed by atoms with Crippen molar-refractivity contribution in [3.05, 3.63) is 56.2 Å². The fourth-order valence-corrected chi connectivity index (χ4v) is 3.45. The molecular weight excluding hydrogens is 353 g/mol. The minimum absolute atomic E-state index is 0.130. The van der Waals surface area contributed by atoms with E-state index in [1.165, 1.54) is 11.3 Å². The van der Waals surface area contributed by atoms with Crippen LogP contribution in [0.3, 0.4) is 0 Å². The van der Waals surface area contributed by atoms with Gasteiger partial charge in [0.1, 0.15) is 5.60 Å². The van der Waals surface area contributed by atoms with Gasteiger partial charge in [-0.05, 0) is 53.9 Å². The minimum Gasteiger partial charge on any atom is -0.383 e. The second-order valence-electron chi connectivity index (χ2n) is 5.52. The molecule has 4 nitrogen and oxygen atoms in total. The lowest BCUT2D eigenvalue weighted by Crippen LogP contribution is -2.36. The number of nitrogens with zero attached hydrogens (tertiary/aromatic N) is 1. The lowest BCUT2D eigenvalue weighted by Gasteiger charge is -2.21. The van der Waals surface area contributed by atoms with Crippen LogP contribution in [0.4, 0.5) is 0 Å². The molecule has 0 aliphatic carbocycles. The van der Waals surface area contributed by atoms with Crippen LogP contribution in [0.15, 0.2) is 40.0 Å². The van der Waals surface area contributed by atoms with Crippen molar-refractivity contribution in [2.24, 2.45) is 10.7 Å². The van der Waals surface area contributed by atoms with Crippen LogP contribution in [0.1, 0.15) is 31.0 Å². The molecule has 0 amide bonds. The van der Waals surface area contributed by atoms with Crippen LogP contribution in [0, 0.1) is 0 Å². The molecule has 0 saturated carbocycles. The Hall–Kier alpha value is -1.27. The number of hydrogen-bond donors (Lipinski definition) is 3. The number of thiophene rings is 1. The number of nitrogens with two attached hydrogens (primary N) is 1. The van der Waals surface area contributed by atoms with Crippen molar-refractivity contribution in [3.8, 4) is 0 Å². The molecule has 0 radical (unpaired) electrons. The molecule has 0 aliphatic heterocycles. The Balaban J connectivity index is 2.02. The summed E-state index contributed by atoms with van der Waals surface area (Å²) in [5.74, 6) is 0.249. The van der Waals surface area contributed by atoms with E-state index in [9.17, 15) is 5.11 Å². The van der Waals surface area contributed by atoms with E-state index in [1.54, 1.807) is 19.1 Å². The highest BCUT2D eigenvalue weighted by Crippen LogP contribution is 2.26. The molecule has 23 heavy (non-hydrogen) atoms. The molecule has 2 aromatic rings. The highest BCUT2D eigenvalue weighted by atomic mass is 35.5. The van der Waals surface area contributed by atoms with Gasteiger partial charge in [-0.25, -0.2) is 0 Å². The van der Waals surface area contributed by atoms with Crippen molar-refractivity contribution in [1.29, 1.82) is 0 Å². The summed E-state index contributed by atoms with van der Waals surface area (Å²) in [5.41, 5.74) is 6.57. The van der Waals surface area contributed by atoms with Crippen LogP contribution >= 0.6 is 34.5 Å². The molecule has 7 heteroatoms. The van der Waals surface area contributed by atoms with Crippen molar-refractivity contribution in [2.45, 2.75) is 25.5 Å². The zero-order chi connectivity index (χ0) is 17.0. The molecular formula is C16H19Cl2N3OS. The Morgan fingerprint density at radius 2 is 2.17 bits per heavy atom.